The first-order chi connectivity index (χ1) is 16.0. The smallest absolute Gasteiger partial charge is 0.257 e. The van der Waals surface area contributed by atoms with Crippen molar-refractivity contribution in [2.45, 2.75) is 6.42 Å². The van der Waals surface area contributed by atoms with Crippen LogP contribution in [0.15, 0.2) is 54.6 Å². The molecule has 0 unspecified atom stereocenters. The quantitative estimate of drug-likeness (QED) is 0.564. The van der Waals surface area contributed by atoms with E-state index in [0.717, 1.165) is 6.42 Å². The molecule has 4 aliphatic carbocycles. The van der Waals surface area contributed by atoms with E-state index in [2.05, 4.69) is 17.5 Å². The number of allylic oxidation sites excluding steroid dienone is 2. The maximum Gasteiger partial charge on any atom is 0.257 e. The molecular formula is C26H24N2O5. The number of nitrogens with zero attached hydrogens (tertiary/aromatic N) is 1. The highest BCUT2D eigenvalue weighted by Gasteiger charge is 2.67. The molecule has 7 rings (SSSR count). The number of benzene rings is 2. The van der Waals surface area contributed by atoms with Crippen LogP contribution >= 0.6 is 0 Å². The van der Waals surface area contributed by atoms with E-state index in [9.17, 15) is 14.4 Å². The molecule has 2 aromatic rings. The number of carbonyl (C=O) groups is 3. The maximum atomic E-state index is 13.5. The molecule has 2 aromatic carbocycles. The first-order valence-corrected chi connectivity index (χ1v) is 11.2. The van der Waals surface area contributed by atoms with Gasteiger partial charge in [-0.25, -0.2) is 4.90 Å². The molecule has 3 fully saturated rings. The molecule has 7 nitrogen and oxygen atoms in total. The predicted octanol–water partition coefficient (Wildman–Crippen LogP) is 3.51. The van der Waals surface area contributed by atoms with Gasteiger partial charge in [0.05, 0.1) is 43.0 Å². The van der Waals surface area contributed by atoms with Crippen molar-refractivity contribution in [3.8, 4) is 11.5 Å². The Bertz CT molecular complexity index is 1180. The summed E-state index contributed by atoms with van der Waals surface area (Å²) in [6, 6.07) is 11.9. The molecule has 168 valence electrons. The minimum atomic E-state index is -0.423. The lowest BCUT2D eigenvalue weighted by Crippen LogP contribution is -2.40. The van der Waals surface area contributed by atoms with E-state index in [-0.39, 0.29) is 41.0 Å². The summed E-state index contributed by atoms with van der Waals surface area (Å²) >= 11 is 0. The second-order valence-electron chi connectivity index (χ2n) is 9.20. The van der Waals surface area contributed by atoms with E-state index in [1.807, 2.05) is 0 Å². The van der Waals surface area contributed by atoms with Crippen LogP contribution in [-0.4, -0.2) is 31.9 Å². The van der Waals surface area contributed by atoms with Crippen LogP contribution in [0.5, 0.6) is 11.5 Å². The van der Waals surface area contributed by atoms with Crippen LogP contribution < -0.4 is 19.7 Å². The lowest BCUT2D eigenvalue weighted by atomic mass is 9.63. The van der Waals surface area contributed by atoms with E-state index in [0.29, 0.717) is 34.7 Å². The fourth-order valence-corrected chi connectivity index (χ4v) is 6.15. The van der Waals surface area contributed by atoms with Crippen LogP contribution in [0.25, 0.3) is 0 Å². The summed E-state index contributed by atoms with van der Waals surface area (Å²) in [5.41, 5.74) is 1.06. The zero-order valence-electron chi connectivity index (χ0n) is 18.4. The number of ether oxygens (including phenoxy) is 2. The number of imide groups is 1. The Morgan fingerprint density at radius 2 is 1.61 bits per heavy atom. The lowest BCUT2D eigenvalue weighted by Gasteiger charge is -2.37. The molecule has 1 aliphatic heterocycles. The third-order valence-electron chi connectivity index (χ3n) is 7.71. The van der Waals surface area contributed by atoms with Gasteiger partial charge in [0.15, 0.2) is 0 Å². The molecule has 33 heavy (non-hydrogen) atoms. The Morgan fingerprint density at radius 3 is 2.24 bits per heavy atom. The van der Waals surface area contributed by atoms with E-state index < -0.39 is 5.91 Å². The summed E-state index contributed by atoms with van der Waals surface area (Å²) in [7, 11) is 3.06. The van der Waals surface area contributed by atoms with Crippen molar-refractivity contribution in [1.82, 2.24) is 0 Å². The Balaban J connectivity index is 1.32. The Kier molecular flexibility index (Phi) is 4.37. The van der Waals surface area contributed by atoms with Gasteiger partial charge in [0, 0.05) is 6.07 Å². The fraction of sp³-hybridized carbons (Fsp3) is 0.346. The van der Waals surface area contributed by atoms with Crippen molar-refractivity contribution in [2.24, 2.45) is 35.5 Å². The third kappa shape index (κ3) is 2.84. The molecule has 0 spiro atoms. The van der Waals surface area contributed by atoms with Crippen LogP contribution in [-0.2, 0) is 9.59 Å². The molecule has 7 heteroatoms. The van der Waals surface area contributed by atoms with E-state index in [1.165, 1.54) is 12.0 Å². The first kappa shape index (κ1) is 20.0. The summed E-state index contributed by atoms with van der Waals surface area (Å²) in [6.07, 6.45) is 5.39. The summed E-state index contributed by atoms with van der Waals surface area (Å²) in [5, 5.41) is 2.85. The SMILES string of the molecule is COc1ccc(NC(=O)c2ccccc2N2C(=O)[C@H]3[C@@H]4C=C[C@@H]([C@H]5C[C@H]45)[C@@H]3C2=O)c(OC)c1. The number of methoxy groups -OCH3 is 2. The zero-order chi connectivity index (χ0) is 22.9. The van der Waals surface area contributed by atoms with Crippen LogP contribution in [0.1, 0.15) is 16.8 Å². The highest BCUT2D eigenvalue weighted by molar-refractivity contribution is 6.25. The third-order valence-corrected chi connectivity index (χ3v) is 7.71. The van der Waals surface area contributed by atoms with Crippen molar-refractivity contribution in [1.29, 1.82) is 0 Å². The molecule has 0 radical (unpaired) electrons. The van der Waals surface area contributed by atoms with Gasteiger partial charge in [0.1, 0.15) is 11.5 Å². The van der Waals surface area contributed by atoms with Crippen molar-refractivity contribution in [3.05, 3.63) is 60.2 Å². The van der Waals surface area contributed by atoms with Crippen LogP contribution in [0.3, 0.4) is 0 Å². The van der Waals surface area contributed by atoms with Crippen molar-refractivity contribution < 1.29 is 23.9 Å². The van der Waals surface area contributed by atoms with Gasteiger partial charge >= 0.3 is 0 Å². The summed E-state index contributed by atoms with van der Waals surface area (Å²) in [5.74, 6) is 0.958. The number of carbonyl (C=O) groups excluding carboxylic acids is 3. The number of para-hydroxylation sites is 1. The van der Waals surface area contributed by atoms with E-state index in [1.54, 1.807) is 49.6 Å². The standard InChI is InChI=1S/C26H24N2O5/c1-32-13-7-10-19(21(11-13)33-2)27-24(29)16-5-3-4-6-20(16)28-25(30)22-14-8-9-15(18-12-17(14)18)23(22)26(28)31/h3-11,14-15,17-18,22-23H,12H2,1-2H3,(H,27,29)/t14-,15+,17-,18-,22+,23+/m1/s1. The number of rotatable bonds is 5. The van der Waals surface area contributed by atoms with Gasteiger partial charge in [-0.2, -0.15) is 0 Å². The fourth-order valence-electron chi connectivity index (χ4n) is 6.15. The number of hydrogen-bond donors (Lipinski definition) is 1. The molecule has 6 atom stereocenters. The minimum Gasteiger partial charge on any atom is -0.497 e. The molecule has 0 aromatic heterocycles. The topological polar surface area (TPSA) is 84.9 Å². The van der Waals surface area contributed by atoms with Gasteiger partial charge in [0.25, 0.3) is 5.91 Å². The summed E-state index contributed by atoms with van der Waals surface area (Å²) in [6.45, 7) is 0. The molecule has 1 N–H and O–H groups in total. The molecular weight excluding hydrogens is 420 g/mol. The van der Waals surface area contributed by atoms with Gasteiger partial charge in [-0.3, -0.25) is 14.4 Å². The van der Waals surface area contributed by atoms with E-state index in [4.69, 9.17) is 9.47 Å². The first-order valence-electron chi connectivity index (χ1n) is 11.2. The number of amides is 3. The van der Waals surface area contributed by atoms with Crippen molar-refractivity contribution >= 4 is 29.1 Å². The average molecular weight is 444 g/mol. The number of anilines is 2. The second-order valence-corrected chi connectivity index (χ2v) is 9.20. The molecule has 5 aliphatic rings. The second kappa shape index (κ2) is 7.20. The number of nitrogens with one attached hydrogen (secondary N) is 1. The van der Waals surface area contributed by atoms with E-state index >= 15 is 0 Å². The molecule has 1 saturated heterocycles. The van der Waals surface area contributed by atoms with Crippen LogP contribution in [0, 0.1) is 35.5 Å². The molecule has 2 saturated carbocycles. The van der Waals surface area contributed by atoms with Crippen LogP contribution in [0.4, 0.5) is 11.4 Å². The van der Waals surface area contributed by atoms with Gasteiger partial charge in [0.2, 0.25) is 11.8 Å². The highest BCUT2D eigenvalue weighted by Crippen LogP contribution is 2.65. The van der Waals surface area contributed by atoms with Gasteiger partial charge < -0.3 is 14.8 Å². The summed E-state index contributed by atoms with van der Waals surface area (Å²) in [4.78, 5) is 41.6. The van der Waals surface area contributed by atoms with Crippen molar-refractivity contribution in [3.63, 3.8) is 0 Å². The van der Waals surface area contributed by atoms with Gasteiger partial charge in [-0.15, -0.1) is 0 Å². The van der Waals surface area contributed by atoms with Gasteiger partial charge in [-0.1, -0.05) is 24.3 Å². The summed E-state index contributed by atoms with van der Waals surface area (Å²) < 4.78 is 10.6. The Labute approximate surface area is 191 Å². The number of hydrogen-bond acceptors (Lipinski definition) is 5. The minimum absolute atomic E-state index is 0.135. The Hall–Kier alpha value is -3.61. The normalized spacial score (nSPS) is 30.7. The average Bonchev–Trinajstić information content (AvgIpc) is 3.62. The molecule has 2 bridgehead atoms. The largest absolute Gasteiger partial charge is 0.497 e. The van der Waals surface area contributed by atoms with Crippen molar-refractivity contribution in [2.75, 3.05) is 24.4 Å². The monoisotopic (exact) mass is 444 g/mol. The van der Waals surface area contributed by atoms with Gasteiger partial charge in [-0.05, 0) is 54.4 Å². The molecule has 3 amide bonds. The lowest BCUT2D eigenvalue weighted by molar-refractivity contribution is -0.124. The van der Waals surface area contributed by atoms with Crippen LogP contribution in [0.2, 0.25) is 0 Å². The molecule has 1 heterocycles. The zero-order valence-corrected chi connectivity index (χ0v) is 18.4. The predicted molar refractivity (Wildman–Crippen MR) is 121 cm³/mol. The Morgan fingerprint density at radius 1 is 0.939 bits per heavy atom. The maximum absolute atomic E-state index is 13.5. The highest BCUT2D eigenvalue weighted by atomic mass is 16.5.